The predicted octanol–water partition coefficient (Wildman–Crippen LogP) is 1.46. The quantitative estimate of drug-likeness (QED) is 0.860. The molecule has 0 radical (unpaired) electrons. The van der Waals surface area contributed by atoms with Gasteiger partial charge in [0.05, 0.1) is 0 Å². The minimum Gasteiger partial charge on any atom is -0.350 e. The van der Waals surface area contributed by atoms with Crippen molar-refractivity contribution in [1.29, 1.82) is 0 Å². The largest absolute Gasteiger partial charge is 0.350 e. The number of pyridine rings is 1. The van der Waals surface area contributed by atoms with E-state index in [1.54, 1.807) is 25.3 Å². The Bertz CT molecular complexity index is 461. The van der Waals surface area contributed by atoms with E-state index in [9.17, 15) is 9.59 Å². The zero-order chi connectivity index (χ0) is 13.1. The Morgan fingerprint density at radius 1 is 1.47 bits per heavy atom. The van der Waals surface area contributed by atoms with Gasteiger partial charge in [0.15, 0.2) is 0 Å². The van der Waals surface area contributed by atoms with E-state index in [2.05, 4.69) is 5.32 Å². The lowest BCUT2D eigenvalue weighted by Gasteiger charge is -2.24. The highest BCUT2D eigenvalue weighted by Gasteiger charge is 2.17. The highest BCUT2D eigenvalue weighted by atomic mass is 16.2. The smallest absolute Gasteiger partial charge is 0.253 e. The molecule has 0 saturated heterocycles. The second-order valence-electron chi connectivity index (χ2n) is 4.91. The normalized spacial score (nSPS) is 11.3. The summed E-state index contributed by atoms with van der Waals surface area (Å²) in [4.78, 5) is 23.5. The Labute approximate surface area is 102 Å². The number of aromatic nitrogens is 1. The number of carbonyl (C=O) groups excluding carboxylic acids is 1. The third-order valence-electron chi connectivity index (χ3n) is 2.89. The molecule has 0 aliphatic heterocycles. The molecule has 0 unspecified atom stereocenters. The molecule has 4 nitrogen and oxygen atoms in total. The van der Waals surface area contributed by atoms with Crippen LogP contribution in [0.25, 0.3) is 0 Å². The van der Waals surface area contributed by atoms with E-state index in [0.717, 1.165) is 6.42 Å². The van der Waals surface area contributed by atoms with Crippen LogP contribution in [0.4, 0.5) is 0 Å². The van der Waals surface area contributed by atoms with E-state index in [-0.39, 0.29) is 23.6 Å². The maximum absolute atomic E-state index is 11.8. The molecule has 0 saturated carbocycles. The first-order valence-corrected chi connectivity index (χ1v) is 5.83. The van der Waals surface area contributed by atoms with Gasteiger partial charge in [0.1, 0.15) is 6.54 Å². The summed E-state index contributed by atoms with van der Waals surface area (Å²) < 4.78 is 1.43. The molecule has 17 heavy (non-hydrogen) atoms. The second-order valence-corrected chi connectivity index (χ2v) is 4.91. The zero-order valence-electron chi connectivity index (χ0n) is 10.9. The van der Waals surface area contributed by atoms with Gasteiger partial charge in [-0.2, -0.15) is 0 Å². The van der Waals surface area contributed by atoms with Crippen LogP contribution in [-0.2, 0) is 11.3 Å². The van der Waals surface area contributed by atoms with Crippen molar-refractivity contribution >= 4 is 5.91 Å². The van der Waals surface area contributed by atoms with Gasteiger partial charge in [-0.1, -0.05) is 13.0 Å². The predicted molar refractivity (Wildman–Crippen MR) is 68.0 cm³/mol. The molecule has 1 heterocycles. The molecule has 0 spiro atoms. The van der Waals surface area contributed by atoms with Crippen molar-refractivity contribution in [2.24, 2.45) is 0 Å². The number of aryl methyl sites for hydroxylation is 1. The van der Waals surface area contributed by atoms with Crippen LogP contribution >= 0.6 is 0 Å². The zero-order valence-corrected chi connectivity index (χ0v) is 10.9. The summed E-state index contributed by atoms with van der Waals surface area (Å²) in [7, 11) is 0. The van der Waals surface area contributed by atoms with Gasteiger partial charge in [-0.3, -0.25) is 9.59 Å². The Morgan fingerprint density at radius 2 is 2.12 bits per heavy atom. The number of nitrogens with one attached hydrogen (secondary N) is 1. The van der Waals surface area contributed by atoms with Crippen LogP contribution in [0.5, 0.6) is 0 Å². The highest BCUT2D eigenvalue weighted by Crippen LogP contribution is 2.06. The summed E-state index contributed by atoms with van der Waals surface area (Å²) in [6, 6.07) is 3.52. The number of carbonyl (C=O) groups is 1. The summed E-state index contributed by atoms with van der Waals surface area (Å²) in [6.45, 7) is 7.75. The third-order valence-corrected chi connectivity index (χ3v) is 2.89. The second kappa shape index (κ2) is 5.17. The number of amides is 1. The molecule has 4 heteroatoms. The molecule has 0 aliphatic carbocycles. The minimum atomic E-state index is -0.232. The molecule has 1 aromatic heterocycles. The van der Waals surface area contributed by atoms with E-state index < -0.39 is 0 Å². The fraction of sp³-hybridized carbons (Fsp3) is 0.538. The van der Waals surface area contributed by atoms with E-state index in [1.165, 1.54) is 4.57 Å². The van der Waals surface area contributed by atoms with Crippen molar-refractivity contribution in [2.75, 3.05) is 0 Å². The Hall–Kier alpha value is -1.58. The summed E-state index contributed by atoms with van der Waals surface area (Å²) in [5.74, 6) is -0.135. The molecule has 0 atom stereocenters. The molecule has 1 rings (SSSR count). The van der Waals surface area contributed by atoms with Gasteiger partial charge in [0.25, 0.3) is 5.56 Å². The number of hydrogen-bond acceptors (Lipinski definition) is 2. The molecule has 94 valence electrons. The molecule has 1 N–H and O–H groups in total. The van der Waals surface area contributed by atoms with E-state index in [1.807, 2.05) is 20.8 Å². The van der Waals surface area contributed by atoms with Crippen molar-refractivity contribution < 1.29 is 4.79 Å². The lowest BCUT2D eigenvalue weighted by Crippen LogP contribution is -2.45. The monoisotopic (exact) mass is 236 g/mol. The lowest BCUT2D eigenvalue weighted by atomic mass is 10.0. The SMILES string of the molecule is CCC(C)(C)NC(=O)Cn1cccc(C)c1=O. The maximum Gasteiger partial charge on any atom is 0.253 e. The van der Waals surface area contributed by atoms with Gasteiger partial charge < -0.3 is 9.88 Å². The van der Waals surface area contributed by atoms with Crippen molar-refractivity contribution in [3.8, 4) is 0 Å². The first kappa shape index (κ1) is 13.5. The number of rotatable bonds is 4. The van der Waals surface area contributed by atoms with Crippen LogP contribution in [0, 0.1) is 6.92 Å². The van der Waals surface area contributed by atoms with Crippen molar-refractivity contribution in [3.05, 3.63) is 34.2 Å². The van der Waals surface area contributed by atoms with Gasteiger partial charge in [-0.15, -0.1) is 0 Å². The van der Waals surface area contributed by atoms with Gasteiger partial charge in [-0.05, 0) is 33.3 Å². The first-order chi connectivity index (χ1) is 7.85. The molecule has 1 amide bonds. The molecule has 0 fully saturated rings. The molecular formula is C13H20N2O2. The average Bonchev–Trinajstić information content (AvgIpc) is 2.24. The molecule has 0 aromatic carbocycles. The van der Waals surface area contributed by atoms with Crippen LogP contribution in [0.3, 0.4) is 0 Å². The van der Waals surface area contributed by atoms with Crippen molar-refractivity contribution in [3.63, 3.8) is 0 Å². The first-order valence-electron chi connectivity index (χ1n) is 5.83. The van der Waals surface area contributed by atoms with Gasteiger partial charge in [-0.25, -0.2) is 0 Å². The highest BCUT2D eigenvalue weighted by molar-refractivity contribution is 5.76. The fourth-order valence-electron chi connectivity index (χ4n) is 1.44. The van der Waals surface area contributed by atoms with E-state index in [4.69, 9.17) is 0 Å². The standard InChI is InChI=1S/C13H20N2O2/c1-5-13(3,4)14-11(16)9-15-8-6-7-10(2)12(15)17/h6-8H,5,9H2,1-4H3,(H,14,16). The Balaban J connectivity index is 2.76. The molecule has 0 aliphatic rings. The number of hydrogen-bond donors (Lipinski definition) is 1. The van der Waals surface area contributed by atoms with Gasteiger partial charge in [0.2, 0.25) is 5.91 Å². The van der Waals surface area contributed by atoms with E-state index in [0.29, 0.717) is 5.56 Å². The topological polar surface area (TPSA) is 51.1 Å². The molecular weight excluding hydrogens is 216 g/mol. The molecule has 1 aromatic rings. The average molecular weight is 236 g/mol. The van der Waals surface area contributed by atoms with Crippen LogP contribution < -0.4 is 10.9 Å². The van der Waals surface area contributed by atoms with Crippen LogP contribution in [0.2, 0.25) is 0 Å². The molecule has 0 bridgehead atoms. The van der Waals surface area contributed by atoms with Gasteiger partial charge >= 0.3 is 0 Å². The van der Waals surface area contributed by atoms with Crippen molar-refractivity contribution in [2.45, 2.75) is 46.2 Å². The summed E-state index contributed by atoms with van der Waals surface area (Å²) in [5, 5.41) is 2.90. The summed E-state index contributed by atoms with van der Waals surface area (Å²) in [5.41, 5.74) is 0.303. The van der Waals surface area contributed by atoms with E-state index >= 15 is 0 Å². The maximum atomic E-state index is 11.8. The summed E-state index contributed by atoms with van der Waals surface area (Å²) >= 11 is 0. The van der Waals surface area contributed by atoms with Crippen LogP contribution in [-0.4, -0.2) is 16.0 Å². The minimum absolute atomic E-state index is 0.0734. The fourth-order valence-corrected chi connectivity index (χ4v) is 1.44. The van der Waals surface area contributed by atoms with Crippen LogP contribution in [0.1, 0.15) is 32.8 Å². The Morgan fingerprint density at radius 3 is 2.71 bits per heavy atom. The summed E-state index contributed by atoms with van der Waals surface area (Å²) in [6.07, 6.45) is 2.48. The van der Waals surface area contributed by atoms with Crippen LogP contribution in [0.15, 0.2) is 23.1 Å². The van der Waals surface area contributed by atoms with Crippen molar-refractivity contribution in [1.82, 2.24) is 9.88 Å². The van der Waals surface area contributed by atoms with Gasteiger partial charge in [0, 0.05) is 17.3 Å². The lowest BCUT2D eigenvalue weighted by molar-refractivity contribution is -0.123. The third kappa shape index (κ3) is 3.73. The Kier molecular flexibility index (Phi) is 4.10. The number of nitrogens with zero attached hydrogens (tertiary/aromatic N) is 1.